The quantitative estimate of drug-likeness (QED) is 0.877. The van der Waals surface area contributed by atoms with Crippen molar-refractivity contribution in [2.75, 3.05) is 0 Å². The number of carbonyl (C=O) groups excluding carboxylic acids is 1. The van der Waals surface area contributed by atoms with Crippen LogP contribution in [0, 0.1) is 13.8 Å². The average molecular weight is 260 g/mol. The van der Waals surface area contributed by atoms with E-state index in [0.29, 0.717) is 23.7 Å². The molecule has 0 aromatic carbocycles. The number of nitrogens with zero attached hydrogens (tertiary/aromatic N) is 1. The lowest BCUT2D eigenvalue weighted by Gasteiger charge is -2.04. The highest BCUT2D eigenvalue weighted by Gasteiger charge is 2.12. The molecule has 0 unspecified atom stereocenters. The molecule has 19 heavy (non-hydrogen) atoms. The molecular weight excluding hydrogens is 244 g/mol. The van der Waals surface area contributed by atoms with Crippen LogP contribution in [0.3, 0.4) is 0 Å². The van der Waals surface area contributed by atoms with Crippen LogP contribution in [0.2, 0.25) is 0 Å². The molecule has 1 amide bonds. The van der Waals surface area contributed by atoms with Gasteiger partial charge in [0.15, 0.2) is 5.76 Å². The number of hydrogen-bond acceptors (Lipinski definition) is 4. The standard InChI is InChI=1S/C14H16N2O3/c1-9-6-13(19-10(9)2)14(18)15-7-11-4-3-5-12(8-17)16-11/h3-6,17H,7-8H2,1-2H3,(H,15,18). The Balaban J connectivity index is 2.00. The van der Waals surface area contributed by atoms with E-state index in [1.165, 1.54) is 0 Å². The number of rotatable bonds is 4. The second-order valence-electron chi connectivity index (χ2n) is 4.31. The van der Waals surface area contributed by atoms with Crippen molar-refractivity contribution in [3.05, 3.63) is 52.7 Å². The molecule has 100 valence electrons. The second-order valence-corrected chi connectivity index (χ2v) is 4.31. The molecule has 5 nitrogen and oxygen atoms in total. The number of hydrogen-bond donors (Lipinski definition) is 2. The van der Waals surface area contributed by atoms with Gasteiger partial charge in [0.1, 0.15) is 5.76 Å². The van der Waals surface area contributed by atoms with Crippen LogP contribution >= 0.6 is 0 Å². The molecule has 2 aromatic heterocycles. The molecule has 2 N–H and O–H groups in total. The zero-order chi connectivity index (χ0) is 13.8. The van der Waals surface area contributed by atoms with Crippen LogP contribution in [-0.4, -0.2) is 16.0 Å². The van der Waals surface area contributed by atoms with Gasteiger partial charge < -0.3 is 14.8 Å². The Morgan fingerprint density at radius 1 is 1.37 bits per heavy atom. The summed E-state index contributed by atoms with van der Waals surface area (Å²) in [6, 6.07) is 7.02. The fraction of sp³-hybridized carbons (Fsp3) is 0.286. The highest BCUT2D eigenvalue weighted by Crippen LogP contribution is 2.13. The number of aliphatic hydroxyl groups is 1. The van der Waals surface area contributed by atoms with Crippen molar-refractivity contribution in [1.82, 2.24) is 10.3 Å². The summed E-state index contributed by atoms with van der Waals surface area (Å²) >= 11 is 0. The summed E-state index contributed by atoms with van der Waals surface area (Å²) < 4.78 is 5.34. The first-order valence-electron chi connectivity index (χ1n) is 6.01. The second kappa shape index (κ2) is 5.67. The summed E-state index contributed by atoms with van der Waals surface area (Å²) in [5, 5.41) is 11.7. The van der Waals surface area contributed by atoms with Gasteiger partial charge in [-0.15, -0.1) is 0 Å². The molecule has 2 aromatic rings. The van der Waals surface area contributed by atoms with E-state index in [1.54, 1.807) is 24.3 Å². The third-order valence-electron chi connectivity index (χ3n) is 2.85. The molecule has 5 heteroatoms. The molecule has 0 spiro atoms. The van der Waals surface area contributed by atoms with Gasteiger partial charge in [-0.2, -0.15) is 0 Å². The summed E-state index contributed by atoms with van der Waals surface area (Å²) in [5.41, 5.74) is 2.22. The zero-order valence-corrected chi connectivity index (χ0v) is 10.9. The average Bonchev–Trinajstić information content (AvgIpc) is 2.76. The number of aromatic nitrogens is 1. The van der Waals surface area contributed by atoms with Crippen molar-refractivity contribution in [1.29, 1.82) is 0 Å². The minimum atomic E-state index is -0.271. The van der Waals surface area contributed by atoms with E-state index in [4.69, 9.17) is 9.52 Å². The largest absolute Gasteiger partial charge is 0.456 e. The molecule has 0 fully saturated rings. The van der Waals surface area contributed by atoms with Crippen molar-refractivity contribution in [3.8, 4) is 0 Å². The van der Waals surface area contributed by atoms with Gasteiger partial charge >= 0.3 is 0 Å². The number of nitrogens with one attached hydrogen (secondary N) is 1. The van der Waals surface area contributed by atoms with Gasteiger partial charge in [-0.3, -0.25) is 9.78 Å². The molecule has 2 heterocycles. The van der Waals surface area contributed by atoms with E-state index in [1.807, 2.05) is 13.8 Å². The van der Waals surface area contributed by atoms with Crippen LogP contribution in [-0.2, 0) is 13.2 Å². The molecule has 0 aliphatic heterocycles. The van der Waals surface area contributed by atoms with Gasteiger partial charge in [0.05, 0.1) is 24.5 Å². The summed E-state index contributed by atoms with van der Waals surface area (Å²) in [7, 11) is 0. The maximum atomic E-state index is 11.9. The minimum Gasteiger partial charge on any atom is -0.456 e. The first kappa shape index (κ1) is 13.3. The topological polar surface area (TPSA) is 75.4 Å². The van der Waals surface area contributed by atoms with E-state index in [2.05, 4.69) is 10.3 Å². The predicted molar refractivity (Wildman–Crippen MR) is 69.5 cm³/mol. The maximum Gasteiger partial charge on any atom is 0.287 e. The lowest BCUT2D eigenvalue weighted by Crippen LogP contribution is -2.23. The smallest absolute Gasteiger partial charge is 0.287 e. The number of carbonyl (C=O) groups is 1. The molecule has 0 saturated carbocycles. The molecule has 2 rings (SSSR count). The fourth-order valence-corrected chi connectivity index (χ4v) is 1.66. The Labute approximate surface area is 111 Å². The highest BCUT2D eigenvalue weighted by molar-refractivity contribution is 5.91. The normalized spacial score (nSPS) is 10.5. The molecule has 0 saturated heterocycles. The lowest BCUT2D eigenvalue weighted by atomic mass is 10.2. The molecule has 0 radical (unpaired) electrons. The third kappa shape index (κ3) is 3.20. The highest BCUT2D eigenvalue weighted by atomic mass is 16.3. The number of aliphatic hydroxyl groups excluding tert-OH is 1. The fourth-order valence-electron chi connectivity index (χ4n) is 1.66. The van der Waals surface area contributed by atoms with Gasteiger partial charge in [-0.1, -0.05) is 6.07 Å². The molecule has 0 aliphatic rings. The Kier molecular flexibility index (Phi) is 3.97. The van der Waals surface area contributed by atoms with Crippen LogP contribution in [0.15, 0.2) is 28.7 Å². The van der Waals surface area contributed by atoms with Crippen molar-refractivity contribution in [3.63, 3.8) is 0 Å². The van der Waals surface area contributed by atoms with Crippen LogP contribution in [0.1, 0.15) is 33.3 Å². The van der Waals surface area contributed by atoms with Gasteiger partial charge in [0.2, 0.25) is 0 Å². The third-order valence-corrected chi connectivity index (χ3v) is 2.85. The summed E-state index contributed by atoms with van der Waals surface area (Å²) in [6.45, 7) is 3.89. The van der Waals surface area contributed by atoms with Gasteiger partial charge in [0, 0.05) is 0 Å². The Morgan fingerprint density at radius 3 is 2.74 bits per heavy atom. The van der Waals surface area contributed by atoms with E-state index in [0.717, 1.165) is 11.3 Å². The van der Waals surface area contributed by atoms with Gasteiger partial charge in [-0.05, 0) is 37.6 Å². The van der Waals surface area contributed by atoms with Gasteiger partial charge in [-0.25, -0.2) is 0 Å². The Morgan fingerprint density at radius 2 is 2.11 bits per heavy atom. The van der Waals surface area contributed by atoms with E-state index < -0.39 is 0 Å². The first-order valence-corrected chi connectivity index (χ1v) is 6.01. The number of amides is 1. The monoisotopic (exact) mass is 260 g/mol. The summed E-state index contributed by atoms with van der Waals surface area (Å²) in [4.78, 5) is 16.0. The zero-order valence-electron chi connectivity index (χ0n) is 10.9. The molecular formula is C14H16N2O3. The lowest BCUT2D eigenvalue weighted by molar-refractivity contribution is 0.0921. The minimum absolute atomic E-state index is 0.113. The molecule has 0 bridgehead atoms. The van der Waals surface area contributed by atoms with Gasteiger partial charge in [0.25, 0.3) is 5.91 Å². The van der Waals surface area contributed by atoms with Crippen LogP contribution in [0.4, 0.5) is 0 Å². The summed E-state index contributed by atoms with van der Waals surface area (Å²) in [6.07, 6.45) is 0. The van der Waals surface area contributed by atoms with Crippen molar-refractivity contribution in [2.45, 2.75) is 27.0 Å². The Bertz CT molecular complexity index is 571. The van der Waals surface area contributed by atoms with E-state index >= 15 is 0 Å². The van der Waals surface area contributed by atoms with E-state index in [9.17, 15) is 4.79 Å². The summed E-state index contributed by atoms with van der Waals surface area (Å²) in [5.74, 6) is 0.770. The predicted octanol–water partition coefficient (Wildman–Crippen LogP) is 1.71. The SMILES string of the molecule is Cc1cc(C(=O)NCc2cccc(CO)n2)oc1C. The van der Waals surface area contributed by atoms with Crippen molar-refractivity contribution < 1.29 is 14.3 Å². The van der Waals surface area contributed by atoms with Crippen molar-refractivity contribution >= 4 is 5.91 Å². The Hall–Kier alpha value is -2.14. The number of furan rings is 1. The maximum absolute atomic E-state index is 11.9. The number of aryl methyl sites for hydroxylation is 2. The first-order chi connectivity index (χ1) is 9.10. The van der Waals surface area contributed by atoms with Crippen molar-refractivity contribution in [2.24, 2.45) is 0 Å². The van der Waals surface area contributed by atoms with Crippen LogP contribution in [0.5, 0.6) is 0 Å². The molecule has 0 aliphatic carbocycles. The van der Waals surface area contributed by atoms with Crippen LogP contribution in [0.25, 0.3) is 0 Å². The van der Waals surface area contributed by atoms with Crippen LogP contribution < -0.4 is 5.32 Å². The molecule has 0 atom stereocenters. The van der Waals surface area contributed by atoms with E-state index in [-0.39, 0.29) is 12.5 Å². The number of pyridine rings is 1.